The molecule has 130 valence electrons. The predicted molar refractivity (Wildman–Crippen MR) is 97.9 cm³/mol. The van der Waals surface area contributed by atoms with Crippen molar-refractivity contribution in [3.63, 3.8) is 0 Å². The first kappa shape index (κ1) is 16.5. The van der Waals surface area contributed by atoms with Gasteiger partial charge in [-0.15, -0.1) is 5.10 Å². The molecule has 4 rings (SSSR count). The van der Waals surface area contributed by atoms with Gasteiger partial charge in [-0.1, -0.05) is 58.4 Å². The molecular weight excluding hydrogens is 348 g/mol. The molecule has 0 aliphatic rings. The van der Waals surface area contributed by atoms with E-state index < -0.39 is 0 Å². The van der Waals surface area contributed by atoms with Gasteiger partial charge >= 0.3 is 0 Å². The molecule has 2 heterocycles. The zero-order chi connectivity index (χ0) is 17.9. The summed E-state index contributed by atoms with van der Waals surface area (Å²) in [6.45, 7) is 4.08. The van der Waals surface area contributed by atoms with Gasteiger partial charge in [0.1, 0.15) is 0 Å². The first-order valence-corrected chi connectivity index (χ1v) is 9.05. The van der Waals surface area contributed by atoms with Crippen molar-refractivity contribution in [3.8, 4) is 17.1 Å². The third kappa shape index (κ3) is 3.50. The summed E-state index contributed by atoms with van der Waals surface area (Å²) in [6.07, 6.45) is 0. The number of hydrogen-bond donors (Lipinski definition) is 0. The maximum Gasteiger partial charge on any atom is 0.237 e. The van der Waals surface area contributed by atoms with E-state index in [0.29, 0.717) is 22.6 Å². The average molecular weight is 364 g/mol. The van der Waals surface area contributed by atoms with Crippen LogP contribution >= 0.6 is 11.8 Å². The summed E-state index contributed by atoms with van der Waals surface area (Å²) in [4.78, 5) is 4.46. The Bertz CT molecular complexity index is 1020. The Morgan fingerprint density at radius 1 is 1.04 bits per heavy atom. The molecule has 8 heteroatoms. The zero-order valence-corrected chi connectivity index (χ0v) is 15.1. The summed E-state index contributed by atoms with van der Waals surface area (Å²) < 4.78 is 7.06. The number of aromatic nitrogens is 6. The quantitative estimate of drug-likeness (QED) is 0.500. The standard InChI is InChI=1S/C18H16N6OS/c1-12-6-8-15(9-7-12)24-18(20-22-23-24)26-11-16-19-17(21-25-16)14-5-3-4-13(2)10-14/h3-10H,11H2,1-2H3. The van der Waals surface area contributed by atoms with E-state index in [4.69, 9.17) is 4.52 Å². The second-order valence-electron chi connectivity index (χ2n) is 5.88. The van der Waals surface area contributed by atoms with E-state index >= 15 is 0 Å². The Labute approximate surface area is 154 Å². The molecule has 0 aliphatic heterocycles. The predicted octanol–water partition coefficient (Wildman–Crippen LogP) is 3.62. The topological polar surface area (TPSA) is 82.5 Å². The summed E-state index contributed by atoms with van der Waals surface area (Å²) in [6, 6.07) is 16.0. The zero-order valence-electron chi connectivity index (χ0n) is 14.3. The molecule has 2 aromatic heterocycles. The van der Waals surface area contributed by atoms with Crippen LogP contribution in [-0.2, 0) is 5.75 Å². The summed E-state index contributed by atoms with van der Waals surface area (Å²) in [7, 11) is 0. The molecule has 0 spiro atoms. The largest absolute Gasteiger partial charge is 0.338 e. The minimum atomic E-state index is 0.491. The van der Waals surface area contributed by atoms with E-state index in [1.807, 2.05) is 62.4 Å². The number of thioether (sulfide) groups is 1. The van der Waals surface area contributed by atoms with Crippen LogP contribution in [0.2, 0.25) is 0 Å². The molecule has 0 fully saturated rings. The first-order chi connectivity index (χ1) is 12.7. The molecule has 0 amide bonds. The van der Waals surface area contributed by atoms with Crippen LogP contribution in [0.3, 0.4) is 0 Å². The molecule has 26 heavy (non-hydrogen) atoms. The summed E-state index contributed by atoms with van der Waals surface area (Å²) in [5.41, 5.74) is 4.19. The van der Waals surface area contributed by atoms with Gasteiger partial charge in [-0.05, 0) is 42.5 Å². The van der Waals surface area contributed by atoms with Crippen LogP contribution in [0.4, 0.5) is 0 Å². The average Bonchev–Trinajstić information content (AvgIpc) is 3.30. The molecule has 0 saturated carbocycles. The van der Waals surface area contributed by atoms with Crippen LogP contribution in [0, 0.1) is 13.8 Å². The van der Waals surface area contributed by atoms with Crippen LogP contribution in [0.5, 0.6) is 0 Å². The van der Waals surface area contributed by atoms with Gasteiger partial charge in [0.2, 0.25) is 16.9 Å². The number of rotatable bonds is 5. The van der Waals surface area contributed by atoms with E-state index in [1.54, 1.807) is 4.68 Å². The molecule has 0 atom stereocenters. The molecule has 0 radical (unpaired) electrons. The van der Waals surface area contributed by atoms with Gasteiger partial charge in [0.05, 0.1) is 11.4 Å². The van der Waals surface area contributed by atoms with Crippen molar-refractivity contribution in [2.45, 2.75) is 24.8 Å². The highest BCUT2D eigenvalue weighted by Gasteiger charge is 2.13. The van der Waals surface area contributed by atoms with Crippen molar-refractivity contribution in [1.29, 1.82) is 0 Å². The molecule has 7 nitrogen and oxygen atoms in total. The lowest BCUT2D eigenvalue weighted by Gasteiger charge is -2.03. The lowest BCUT2D eigenvalue weighted by atomic mass is 10.1. The maximum absolute atomic E-state index is 5.36. The van der Waals surface area contributed by atoms with Gasteiger partial charge in [0, 0.05) is 5.56 Å². The molecular formula is C18H16N6OS. The molecule has 2 aromatic carbocycles. The van der Waals surface area contributed by atoms with Gasteiger partial charge in [-0.3, -0.25) is 0 Å². The number of nitrogens with zero attached hydrogens (tertiary/aromatic N) is 6. The Balaban J connectivity index is 1.49. The molecule has 0 saturated heterocycles. The molecule has 0 aliphatic carbocycles. The van der Waals surface area contributed by atoms with Gasteiger partial charge in [-0.25, -0.2) is 0 Å². The van der Waals surface area contributed by atoms with E-state index in [0.717, 1.165) is 16.8 Å². The molecule has 0 bridgehead atoms. The van der Waals surface area contributed by atoms with E-state index in [9.17, 15) is 0 Å². The monoisotopic (exact) mass is 364 g/mol. The normalized spacial score (nSPS) is 11.0. The van der Waals surface area contributed by atoms with Crippen LogP contribution in [0.15, 0.2) is 58.2 Å². The molecule has 4 aromatic rings. The fraction of sp³-hybridized carbons (Fsp3) is 0.167. The maximum atomic E-state index is 5.36. The molecule has 0 N–H and O–H groups in total. The summed E-state index contributed by atoms with van der Waals surface area (Å²) in [5, 5.41) is 16.6. The minimum Gasteiger partial charge on any atom is -0.338 e. The van der Waals surface area contributed by atoms with E-state index in [1.165, 1.54) is 17.3 Å². The highest BCUT2D eigenvalue weighted by molar-refractivity contribution is 7.98. The summed E-state index contributed by atoms with van der Waals surface area (Å²) in [5.74, 6) is 1.61. The highest BCUT2D eigenvalue weighted by atomic mass is 32.2. The van der Waals surface area contributed by atoms with E-state index in [-0.39, 0.29) is 0 Å². The third-order valence-electron chi connectivity index (χ3n) is 3.79. The fourth-order valence-corrected chi connectivity index (χ4v) is 3.19. The molecule has 0 unspecified atom stereocenters. The first-order valence-electron chi connectivity index (χ1n) is 8.07. The van der Waals surface area contributed by atoms with Crippen LogP contribution in [-0.4, -0.2) is 30.3 Å². The Morgan fingerprint density at radius 2 is 1.88 bits per heavy atom. The number of tetrazole rings is 1. The van der Waals surface area contributed by atoms with Gasteiger partial charge in [0.15, 0.2) is 0 Å². The van der Waals surface area contributed by atoms with Crippen LogP contribution < -0.4 is 0 Å². The Morgan fingerprint density at radius 3 is 2.69 bits per heavy atom. The Hall–Kier alpha value is -3.00. The second-order valence-corrected chi connectivity index (χ2v) is 6.82. The van der Waals surface area contributed by atoms with Crippen molar-refractivity contribution in [2.24, 2.45) is 0 Å². The van der Waals surface area contributed by atoms with Crippen molar-refractivity contribution in [2.75, 3.05) is 0 Å². The summed E-state index contributed by atoms with van der Waals surface area (Å²) >= 11 is 1.45. The fourth-order valence-electron chi connectivity index (χ4n) is 2.46. The lowest BCUT2D eigenvalue weighted by molar-refractivity contribution is 0.391. The Kier molecular flexibility index (Phi) is 4.49. The van der Waals surface area contributed by atoms with Crippen molar-refractivity contribution in [3.05, 3.63) is 65.5 Å². The third-order valence-corrected chi connectivity index (χ3v) is 4.69. The van der Waals surface area contributed by atoms with Crippen LogP contribution in [0.1, 0.15) is 17.0 Å². The lowest BCUT2D eigenvalue weighted by Crippen LogP contribution is -1.99. The second kappa shape index (κ2) is 7.09. The number of aryl methyl sites for hydroxylation is 2. The SMILES string of the molecule is Cc1ccc(-n2nnnc2SCc2nc(-c3cccc(C)c3)no2)cc1. The van der Waals surface area contributed by atoms with Gasteiger partial charge in [0.25, 0.3) is 0 Å². The van der Waals surface area contributed by atoms with Crippen molar-refractivity contribution in [1.82, 2.24) is 30.3 Å². The number of benzene rings is 2. The van der Waals surface area contributed by atoms with E-state index in [2.05, 4.69) is 25.7 Å². The van der Waals surface area contributed by atoms with Crippen molar-refractivity contribution < 1.29 is 4.52 Å². The van der Waals surface area contributed by atoms with Crippen LogP contribution in [0.25, 0.3) is 17.1 Å². The minimum absolute atomic E-state index is 0.491. The smallest absolute Gasteiger partial charge is 0.237 e. The number of hydrogen-bond acceptors (Lipinski definition) is 7. The van der Waals surface area contributed by atoms with Crippen molar-refractivity contribution >= 4 is 11.8 Å². The van der Waals surface area contributed by atoms with Gasteiger partial charge in [-0.2, -0.15) is 9.67 Å². The highest BCUT2D eigenvalue weighted by Crippen LogP contribution is 2.24. The van der Waals surface area contributed by atoms with Gasteiger partial charge < -0.3 is 4.52 Å².